The van der Waals surface area contributed by atoms with Gasteiger partial charge in [-0.3, -0.25) is 4.79 Å². The summed E-state index contributed by atoms with van der Waals surface area (Å²) in [5.41, 5.74) is 9.09. The number of carbonyl (C=O) groups excluding carboxylic acids is 1. The topological polar surface area (TPSA) is 86.5 Å². The number of anilines is 2. The van der Waals surface area contributed by atoms with Crippen LogP contribution in [0.5, 0.6) is 11.5 Å². The lowest BCUT2D eigenvalue weighted by molar-refractivity contribution is 0.103. The van der Waals surface area contributed by atoms with E-state index in [0.717, 1.165) is 0 Å². The summed E-state index contributed by atoms with van der Waals surface area (Å²) in [7, 11) is 3.04. The molecule has 0 unspecified atom stereocenters. The maximum absolute atomic E-state index is 12.1. The number of thiazole rings is 1. The van der Waals surface area contributed by atoms with E-state index in [0.29, 0.717) is 33.4 Å². The Morgan fingerprint density at radius 3 is 2.50 bits per heavy atom. The Morgan fingerprint density at radius 1 is 1.30 bits per heavy atom. The van der Waals surface area contributed by atoms with Crippen LogP contribution in [-0.2, 0) is 0 Å². The van der Waals surface area contributed by atoms with Crippen LogP contribution in [0.25, 0.3) is 0 Å². The van der Waals surface area contributed by atoms with Gasteiger partial charge in [0.15, 0.2) is 11.5 Å². The SMILES string of the molecule is COc1cc(N)c(NC(=O)c2scnc2C)cc1OC. The predicted octanol–water partition coefficient (Wildman–Crippen LogP) is 2.30. The number of amides is 1. The second-order valence-corrected chi connectivity index (χ2v) is 4.87. The molecule has 0 saturated carbocycles. The molecular weight excluding hydrogens is 278 g/mol. The summed E-state index contributed by atoms with van der Waals surface area (Å²) in [6, 6.07) is 3.23. The number of methoxy groups -OCH3 is 2. The molecule has 1 heterocycles. The van der Waals surface area contributed by atoms with Gasteiger partial charge in [-0.05, 0) is 6.92 Å². The number of aryl methyl sites for hydroxylation is 1. The molecule has 20 heavy (non-hydrogen) atoms. The van der Waals surface area contributed by atoms with Crippen LogP contribution in [0, 0.1) is 6.92 Å². The lowest BCUT2D eigenvalue weighted by Gasteiger charge is -2.13. The fourth-order valence-corrected chi connectivity index (χ4v) is 2.40. The maximum Gasteiger partial charge on any atom is 0.267 e. The highest BCUT2D eigenvalue weighted by molar-refractivity contribution is 7.12. The number of benzene rings is 1. The van der Waals surface area contributed by atoms with Crippen LogP contribution >= 0.6 is 11.3 Å². The number of rotatable bonds is 4. The molecule has 0 aliphatic heterocycles. The van der Waals surface area contributed by atoms with Crippen molar-refractivity contribution in [2.75, 3.05) is 25.3 Å². The number of nitrogen functional groups attached to an aromatic ring is 1. The van der Waals surface area contributed by atoms with E-state index in [2.05, 4.69) is 10.3 Å². The highest BCUT2D eigenvalue weighted by atomic mass is 32.1. The number of nitrogens with two attached hydrogens (primary N) is 1. The van der Waals surface area contributed by atoms with Gasteiger partial charge in [0.1, 0.15) is 4.88 Å². The third kappa shape index (κ3) is 2.67. The first-order chi connectivity index (χ1) is 9.56. The van der Waals surface area contributed by atoms with E-state index in [9.17, 15) is 4.79 Å². The molecule has 0 fully saturated rings. The van der Waals surface area contributed by atoms with Crippen LogP contribution in [0.4, 0.5) is 11.4 Å². The fourth-order valence-electron chi connectivity index (χ4n) is 1.70. The average molecular weight is 293 g/mol. The van der Waals surface area contributed by atoms with Crippen molar-refractivity contribution < 1.29 is 14.3 Å². The Morgan fingerprint density at radius 2 is 1.95 bits per heavy atom. The van der Waals surface area contributed by atoms with Crippen molar-refractivity contribution in [3.63, 3.8) is 0 Å². The van der Waals surface area contributed by atoms with Crippen LogP contribution in [-0.4, -0.2) is 25.1 Å². The van der Waals surface area contributed by atoms with E-state index < -0.39 is 0 Å². The van der Waals surface area contributed by atoms with E-state index >= 15 is 0 Å². The van der Waals surface area contributed by atoms with Gasteiger partial charge in [0.05, 0.1) is 36.8 Å². The smallest absolute Gasteiger partial charge is 0.267 e. The summed E-state index contributed by atoms with van der Waals surface area (Å²) in [4.78, 5) is 16.7. The lowest BCUT2D eigenvalue weighted by atomic mass is 10.2. The second kappa shape index (κ2) is 5.79. The molecule has 1 amide bonds. The van der Waals surface area contributed by atoms with Gasteiger partial charge in [0.25, 0.3) is 5.91 Å². The van der Waals surface area contributed by atoms with E-state index in [4.69, 9.17) is 15.2 Å². The number of carbonyl (C=O) groups is 1. The average Bonchev–Trinajstić information content (AvgIpc) is 2.86. The molecule has 2 aromatic rings. The van der Waals surface area contributed by atoms with E-state index in [1.807, 2.05) is 0 Å². The van der Waals surface area contributed by atoms with Gasteiger partial charge in [0.2, 0.25) is 0 Å². The molecule has 1 aromatic carbocycles. The number of ether oxygens (including phenoxy) is 2. The van der Waals surface area contributed by atoms with Crippen molar-refractivity contribution in [1.29, 1.82) is 0 Å². The summed E-state index contributed by atoms with van der Waals surface area (Å²) in [6.07, 6.45) is 0. The Balaban J connectivity index is 2.30. The van der Waals surface area contributed by atoms with E-state index in [1.54, 1.807) is 24.6 Å². The number of hydrogen-bond donors (Lipinski definition) is 2. The van der Waals surface area contributed by atoms with Crippen molar-refractivity contribution in [1.82, 2.24) is 4.98 Å². The van der Waals surface area contributed by atoms with Gasteiger partial charge < -0.3 is 20.5 Å². The molecule has 7 heteroatoms. The molecule has 0 saturated heterocycles. The minimum Gasteiger partial charge on any atom is -0.493 e. The first kappa shape index (κ1) is 14.1. The van der Waals surface area contributed by atoms with Crippen LogP contribution in [0.3, 0.4) is 0 Å². The first-order valence-corrected chi connectivity index (χ1v) is 6.67. The third-order valence-electron chi connectivity index (χ3n) is 2.76. The zero-order chi connectivity index (χ0) is 14.7. The Labute approximate surface area is 120 Å². The maximum atomic E-state index is 12.1. The summed E-state index contributed by atoms with van der Waals surface area (Å²) in [5, 5.41) is 2.75. The second-order valence-electron chi connectivity index (χ2n) is 4.02. The highest BCUT2D eigenvalue weighted by Gasteiger charge is 2.15. The van der Waals surface area contributed by atoms with Gasteiger partial charge in [-0.25, -0.2) is 4.98 Å². The van der Waals surface area contributed by atoms with Crippen molar-refractivity contribution in [3.8, 4) is 11.5 Å². The standard InChI is InChI=1S/C13H15N3O3S/c1-7-12(20-6-15-7)13(17)16-9-5-11(19-3)10(18-2)4-8(9)14/h4-6H,14H2,1-3H3,(H,16,17). The van der Waals surface area contributed by atoms with Crippen molar-refractivity contribution in [2.45, 2.75) is 6.92 Å². The number of hydrogen-bond acceptors (Lipinski definition) is 6. The van der Waals surface area contributed by atoms with Gasteiger partial charge in [0, 0.05) is 12.1 Å². The number of aromatic nitrogens is 1. The quantitative estimate of drug-likeness (QED) is 0.845. The molecule has 0 radical (unpaired) electrons. The van der Waals surface area contributed by atoms with Crippen LogP contribution < -0.4 is 20.5 Å². The monoisotopic (exact) mass is 293 g/mol. The Kier molecular flexibility index (Phi) is 4.09. The summed E-state index contributed by atoms with van der Waals surface area (Å²) in [5.74, 6) is 0.763. The van der Waals surface area contributed by atoms with Crippen molar-refractivity contribution >= 4 is 28.6 Å². The zero-order valence-electron chi connectivity index (χ0n) is 11.4. The van der Waals surface area contributed by atoms with Crippen molar-refractivity contribution in [2.24, 2.45) is 0 Å². The molecule has 0 atom stereocenters. The number of nitrogens with one attached hydrogen (secondary N) is 1. The molecule has 0 aliphatic carbocycles. The normalized spacial score (nSPS) is 10.2. The highest BCUT2D eigenvalue weighted by Crippen LogP contribution is 2.35. The Bertz CT molecular complexity index is 640. The predicted molar refractivity (Wildman–Crippen MR) is 78.8 cm³/mol. The lowest BCUT2D eigenvalue weighted by Crippen LogP contribution is -2.13. The molecule has 2 rings (SSSR count). The van der Waals surface area contributed by atoms with Crippen LogP contribution in [0.2, 0.25) is 0 Å². The molecule has 0 aliphatic rings. The van der Waals surface area contributed by atoms with Gasteiger partial charge in [-0.2, -0.15) is 0 Å². The molecule has 1 aromatic heterocycles. The van der Waals surface area contributed by atoms with E-state index in [-0.39, 0.29) is 5.91 Å². The largest absolute Gasteiger partial charge is 0.493 e. The van der Waals surface area contributed by atoms with E-state index in [1.165, 1.54) is 25.6 Å². The Hall–Kier alpha value is -2.28. The molecular formula is C13H15N3O3S. The minimum absolute atomic E-state index is 0.246. The van der Waals surface area contributed by atoms with Crippen molar-refractivity contribution in [3.05, 3.63) is 28.2 Å². The van der Waals surface area contributed by atoms with Gasteiger partial charge in [-0.15, -0.1) is 11.3 Å². The summed E-state index contributed by atoms with van der Waals surface area (Å²) < 4.78 is 10.3. The third-order valence-corrected chi connectivity index (χ3v) is 3.68. The first-order valence-electron chi connectivity index (χ1n) is 5.79. The molecule has 6 nitrogen and oxygen atoms in total. The van der Waals surface area contributed by atoms with Crippen LogP contribution in [0.15, 0.2) is 17.6 Å². The van der Waals surface area contributed by atoms with Gasteiger partial charge >= 0.3 is 0 Å². The fraction of sp³-hybridized carbons (Fsp3) is 0.231. The van der Waals surface area contributed by atoms with Crippen LogP contribution in [0.1, 0.15) is 15.4 Å². The summed E-state index contributed by atoms with van der Waals surface area (Å²) in [6.45, 7) is 1.78. The zero-order valence-corrected chi connectivity index (χ0v) is 12.2. The molecule has 106 valence electrons. The summed E-state index contributed by atoms with van der Waals surface area (Å²) >= 11 is 1.28. The minimum atomic E-state index is -0.246. The molecule has 0 spiro atoms. The van der Waals surface area contributed by atoms with Gasteiger partial charge in [-0.1, -0.05) is 0 Å². The number of nitrogens with zero attached hydrogens (tertiary/aromatic N) is 1. The molecule has 3 N–H and O–H groups in total. The molecule has 0 bridgehead atoms.